The molecule has 3 N–H and O–H groups in total. The van der Waals surface area contributed by atoms with Gasteiger partial charge in [0.25, 0.3) is 0 Å². The Labute approximate surface area is 100 Å². The fourth-order valence-corrected chi connectivity index (χ4v) is 2.67. The van der Waals surface area contributed by atoms with Gasteiger partial charge in [0, 0.05) is 24.1 Å². The third kappa shape index (κ3) is 2.69. The fourth-order valence-electron chi connectivity index (χ4n) is 2.18. The van der Waals surface area contributed by atoms with Crippen LogP contribution in [0.15, 0.2) is 0 Å². The Bertz CT molecular complexity index is 327. The second kappa shape index (κ2) is 5.56. The molecular weight excluding hydrogens is 222 g/mol. The van der Waals surface area contributed by atoms with Crippen LogP contribution in [-0.4, -0.2) is 27.1 Å². The van der Waals surface area contributed by atoms with Gasteiger partial charge in [-0.2, -0.15) is 0 Å². The molecule has 0 spiro atoms. The fraction of sp³-hybridized carbons (Fsp3) is 0.800. The lowest BCUT2D eigenvalue weighted by atomic mass is 10.1. The van der Waals surface area contributed by atoms with Crippen LogP contribution in [0.1, 0.15) is 38.3 Å². The third-order valence-corrected chi connectivity index (χ3v) is 3.93. The van der Waals surface area contributed by atoms with Gasteiger partial charge >= 0.3 is 0 Å². The lowest BCUT2D eigenvalue weighted by Crippen LogP contribution is -2.32. The van der Waals surface area contributed by atoms with Crippen molar-refractivity contribution in [1.29, 1.82) is 0 Å². The average Bonchev–Trinajstić information content (AvgIpc) is 2.64. The first-order chi connectivity index (χ1) is 7.81. The predicted molar refractivity (Wildman–Crippen MR) is 66.1 cm³/mol. The average molecular weight is 241 g/mol. The van der Waals surface area contributed by atoms with E-state index in [1.807, 2.05) is 0 Å². The van der Waals surface area contributed by atoms with Gasteiger partial charge in [0.2, 0.25) is 0 Å². The molecule has 1 aromatic heterocycles. The van der Waals surface area contributed by atoms with E-state index in [4.69, 9.17) is 5.84 Å². The first kappa shape index (κ1) is 11.8. The van der Waals surface area contributed by atoms with Gasteiger partial charge in [0.05, 0.1) is 0 Å². The number of aromatic nitrogens is 2. The Morgan fingerprint density at radius 1 is 1.50 bits per heavy atom. The minimum Gasteiger partial charge on any atom is -0.313 e. The molecule has 0 bridgehead atoms. The van der Waals surface area contributed by atoms with Crippen LogP contribution in [0.3, 0.4) is 0 Å². The molecule has 0 aromatic carbocycles. The van der Waals surface area contributed by atoms with Crippen LogP contribution in [0.4, 0.5) is 5.00 Å². The highest BCUT2D eigenvalue weighted by Gasteiger charge is 2.19. The lowest BCUT2D eigenvalue weighted by Gasteiger charge is -2.25. The molecule has 0 saturated carbocycles. The van der Waals surface area contributed by atoms with Gasteiger partial charge in [0.1, 0.15) is 10.7 Å². The molecule has 1 saturated heterocycles. The van der Waals surface area contributed by atoms with Crippen molar-refractivity contribution in [3.05, 3.63) is 5.69 Å². The van der Waals surface area contributed by atoms with E-state index in [0.717, 1.165) is 23.8 Å². The number of nitrogens with two attached hydrogens (primary N) is 1. The molecule has 0 aliphatic carbocycles. The van der Waals surface area contributed by atoms with Crippen LogP contribution in [0, 0.1) is 0 Å². The van der Waals surface area contributed by atoms with E-state index in [-0.39, 0.29) is 0 Å². The number of nitrogen functional groups attached to an aromatic ring is 1. The van der Waals surface area contributed by atoms with Crippen LogP contribution >= 0.6 is 11.5 Å². The van der Waals surface area contributed by atoms with E-state index in [9.17, 15) is 0 Å². The third-order valence-electron chi connectivity index (χ3n) is 3.23. The number of hydrogen-bond donors (Lipinski definition) is 2. The zero-order chi connectivity index (χ0) is 11.4. The summed E-state index contributed by atoms with van der Waals surface area (Å²) < 4.78 is 3.93. The summed E-state index contributed by atoms with van der Waals surface area (Å²) in [5, 5.41) is 5.02. The monoisotopic (exact) mass is 241 g/mol. The van der Waals surface area contributed by atoms with Crippen molar-refractivity contribution in [3.8, 4) is 0 Å². The maximum absolute atomic E-state index is 5.43. The zero-order valence-corrected chi connectivity index (χ0v) is 10.5. The summed E-state index contributed by atoms with van der Waals surface area (Å²) in [5.41, 5.74) is 3.64. The highest BCUT2D eigenvalue weighted by Crippen LogP contribution is 2.22. The topological polar surface area (TPSA) is 67.1 Å². The molecule has 5 nitrogen and oxygen atoms in total. The normalized spacial score (nSPS) is 23.0. The number of nitrogens with zero attached hydrogens (tertiary/aromatic N) is 3. The van der Waals surface area contributed by atoms with E-state index < -0.39 is 0 Å². The summed E-state index contributed by atoms with van der Waals surface area (Å²) in [4.78, 5) is 2.48. The number of likely N-dealkylation sites (tertiary alicyclic amines) is 1. The van der Waals surface area contributed by atoms with Crippen molar-refractivity contribution in [1.82, 2.24) is 14.5 Å². The molecule has 1 aliphatic heterocycles. The SMILES string of the molecule is CC1CCCCCN1Cc1nnsc1NN. The molecule has 90 valence electrons. The summed E-state index contributed by atoms with van der Waals surface area (Å²) in [6.07, 6.45) is 5.25. The molecule has 0 amide bonds. The van der Waals surface area contributed by atoms with Crippen LogP contribution in [0.2, 0.25) is 0 Å². The molecule has 2 heterocycles. The molecule has 1 unspecified atom stereocenters. The number of rotatable bonds is 3. The summed E-state index contributed by atoms with van der Waals surface area (Å²) >= 11 is 1.32. The van der Waals surface area contributed by atoms with Gasteiger partial charge in [-0.1, -0.05) is 17.3 Å². The summed E-state index contributed by atoms with van der Waals surface area (Å²) in [6, 6.07) is 0.634. The molecule has 0 radical (unpaired) electrons. The largest absolute Gasteiger partial charge is 0.313 e. The van der Waals surface area contributed by atoms with Gasteiger partial charge in [-0.05, 0) is 26.3 Å². The minimum absolute atomic E-state index is 0.634. The first-order valence-corrected chi connectivity index (χ1v) is 6.60. The van der Waals surface area contributed by atoms with Crippen molar-refractivity contribution < 1.29 is 0 Å². The Hall–Kier alpha value is -0.720. The van der Waals surface area contributed by atoms with Gasteiger partial charge in [-0.15, -0.1) is 5.10 Å². The molecule has 2 rings (SSSR count). The van der Waals surface area contributed by atoms with Crippen molar-refractivity contribution in [2.45, 2.75) is 45.2 Å². The quantitative estimate of drug-likeness (QED) is 0.621. The Kier molecular flexibility index (Phi) is 4.09. The second-order valence-corrected chi connectivity index (χ2v) is 5.12. The van der Waals surface area contributed by atoms with Crippen LogP contribution < -0.4 is 11.3 Å². The molecule has 1 aromatic rings. The van der Waals surface area contributed by atoms with Gasteiger partial charge < -0.3 is 5.43 Å². The highest BCUT2D eigenvalue weighted by molar-refractivity contribution is 7.10. The van der Waals surface area contributed by atoms with Crippen LogP contribution in [-0.2, 0) is 6.54 Å². The summed E-state index contributed by atoms with van der Waals surface area (Å²) in [7, 11) is 0. The molecule has 1 atom stereocenters. The number of nitrogens with one attached hydrogen (secondary N) is 1. The first-order valence-electron chi connectivity index (χ1n) is 5.83. The van der Waals surface area contributed by atoms with Crippen LogP contribution in [0.25, 0.3) is 0 Å². The Morgan fingerprint density at radius 3 is 3.19 bits per heavy atom. The Balaban J connectivity index is 2.01. The predicted octanol–water partition coefficient (Wildman–Crippen LogP) is 1.59. The number of hydrogen-bond acceptors (Lipinski definition) is 6. The molecule has 16 heavy (non-hydrogen) atoms. The van der Waals surface area contributed by atoms with Crippen molar-refractivity contribution >= 4 is 16.5 Å². The van der Waals surface area contributed by atoms with E-state index in [1.165, 1.54) is 37.2 Å². The lowest BCUT2D eigenvalue weighted by molar-refractivity contribution is 0.203. The molecular formula is C10H19N5S. The molecule has 1 fully saturated rings. The maximum Gasteiger partial charge on any atom is 0.148 e. The van der Waals surface area contributed by atoms with Crippen LogP contribution in [0.5, 0.6) is 0 Å². The van der Waals surface area contributed by atoms with E-state index in [1.54, 1.807) is 0 Å². The Morgan fingerprint density at radius 2 is 2.38 bits per heavy atom. The van der Waals surface area contributed by atoms with Crippen molar-refractivity contribution in [2.24, 2.45) is 5.84 Å². The minimum atomic E-state index is 0.634. The van der Waals surface area contributed by atoms with Crippen molar-refractivity contribution in [2.75, 3.05) is 12.0 Å². The maximum atomic E-state index is 5.43. The number of anilines is 1. The highest BCUT2D eigenvalue weighted by atomic mass is 32.1. The number of hydrazine groups is 1. The summed E-state index contributed by atoms with van der Waals surface area (Å²) in [6.45, 7) is 4.31. The van der Waals surface area contributed by atoms with Gasteiger partial charge in [-0.25, -0.2) is 5.84 Å². The van der Waals surface area contributed by atoms with E-state index >= 15 is 0 Å². The summed E-state index contributed by atoms with van der Waals surface area (Å²) in [5.74, 6) is 5.43. The smallest absolute Gasteiger partial charge is 0.148 e. The van der Waals surface area contributed by atoms with Gasteiger partial charge in [0.15, 0.2) is 0 Å². The second-order valence-electron chi connectivity index (χ2n) is 4.36. The van der Waals surface area contributed by atoms with Crippen molar-refractivity contribution in [3.63, 3.8) is 0 Å². The standard InChI is InChI=1S/C10H19N5S/c1-8-5-3-2-4-6-15(8)7-9-10(12-11)16-14-13-9/h8,12H,2-7,11H2,1H3. The van der Waals surface area contributed by atoms with Gasteiger partial charge in [-0.3, -0.25) is 4.90 Å². The molecule has 6 heteroatoms. The zero-order valence-electron chi connectivity index (χ0n) is 9.65. The van der Waals surface area contributed by atoms with E-state index in [2.05, 4.69) is 26.8 Å². The van der Waals surface area contributed by atoms with E-state index in [0.29, 0.717) is 6.04 Å². The molecule has 1 aliphatic rings.